The van der Waals surface area contributed by atoms with Crippen LogP contribution in [-0.2, 0) is 9.53 Å². The second-order valence-electron chi connectivity index (χ2n) is 4.65. The number of halogens is 3. The molecule has 0 radical (unpaired) electrons. The largest absolute Gasteiger partial charge is 0.466 e. The van der Waals surface area contributed by atoms with Crippen molar-refractivity contribution in [3.05, 3.63) is 63.0 Å². The average molecular weight is 447 g/mol. The highest BCUT2D eigenvalue weighted by atomic mass is 79.9. The standard InChI is InChI=1S/C10H10BrN3O2S.C6H4ClF/c1-16-10(15)6-5-13-8(14-7(6)4-11)9-12-2-3-17-9;7-5-2-1-3-6(8)4-5/h2-3H,4-5H2,1H3,(H,13,14);1-4H. The van der Waals surface area contributed by atoms with Crippen LogP contribution in [0.3, 0.4) is 0 Å². The summed E-state index contributed by atoms with van der Waals surface area (Å²) >= 11 is 10.2. The Morgan fingerprint density at radius 3 is 2.84 bits per heavy atom. The van der Waals surface area contributed by atoms with Gasteiger partial charge in [0.15, 0.2) is 10.8 Å². The van der Waals surface area contributed by atoms with Gasteiger partial charge in [-0.05, 0) is 18.2 Å². The number of aromatic nitrogens is 1. The number of nitrogens with zero attached hydrogens (tertiary/aromatic N) is 2. The molecule has 0 bridgehead atoms. The third-order valence-electron chi connectivity index (χ3n) is 3.02. The van der Waals surface area contributed by atoms with Gasteiger partial charge in [-0.15, -0.1) is 11.3 Å². The van der Waals surface area contributed by atoms with Crippen molar-refractivity contribution in [3.8, 4) is 0 Å². The fourth-order valence-electron chi connectivity index (χ4n) is 1.86. The van der Waals surface area contributed by atoms with Crippen LogP contribution in [0.15, 0.2) is 52.1 Å². The molecule has 0 fully saturated rings. The molecule has 2 aromatic rings. The van der Waals surface area contributed by atoms with E-state index >= 15 is 0 Å². The van der Waals surface area contributed by atoms with Crippen molar-refractivity contribution in [1.29, 1.82) is 0 Å². The van der Waals surface area contributed by atoms with Gasteiger partial charge in [0.25, 0.3) is 0 Å². The molecule has 2 heterocycles. The number of benzene rings is 1. The molecular weight excluding hydrogens is 433 g/mol. The highest BCUT2D eigenvalue weighted by Gasteiger charge is 2.22. The van der Waals surface area contributed by atoms with E-state index in [4.69, 9.17) is 16.3 Å². The van der Waals surface area contributed by atoms with Gasteiger partial charge in [-0.25, -0.2) is 14.2 Å². The Hall–Kier alpha value is -1.77. The first-order valence-corrected chi connectivity index (χ1v) is 9.41. The van der Waals surface area contributed by atoms with Crippen molar-refractivity contribution in [1.82, 2.24) is 10.3 Å². The molecule has 1 aromatic carbocycles. The van der Waals surface area contributed by atoms with Crippen LogP contribution in [0.5, 0.6) is 0 Å². The number of alkyl halides is 1. The van der Waals surface area contributed by atoms with Crippen LogP contribution in [0, 0.1) is 5.82 Å². The molecule has 0 atom stereocenters. The van der Waals surface area contributed by atoms with Gasteiger partial charge in [-0.1, -0.05) is 33.6 Å². The first-order chi connectivity index (χ1) is 12.0. The molecule has 0 amide bonds. The quantitative estimate of drug-likeness (QED) is 0.575. The molecule has 0 aliphatic carbocycles. The Morgan fingerprint density at radius 1 is 1.52 bits per heavy atom. The van der Waals surface area contributed by atoms with E-state index in [1.54, 1.807) is 18.3 Å². The van der Waals surface area contributed by atoms with Crippen molar-refractivity contribution >= 4 is 50.7 Å². The number of methoxy groups -OCH3 is 1. The van der Waals surface area contributed by atoms with Crippen molar-refractivity contribution in [2.45, 2.75) is 0 Å². The predicted molar refractivity (Wildman–Crippen MR) is 101 cm³/mol. The minimum absolute atomic E-state index is 0.294. The van der Waals surface area contributed by atoms with Crippen LogP contribution in [0.1, 0.15) is 5.01 Å². The molecule has 132 valence electrons. The molecule has 25 heavy (non-hydrogen) atoms. The summed E-state index contributed by atoms with van der Waals surface area (Å²) in [7, 11) is 1.36. The molecule has 3 rings (SSSR count). The number of ether oxygens (including phenoxy) is 1. The number of thiazole rings is 1. The lowest BCUT2D eigenvalue weighted by molar-refractivity contribution is -0.136. The van der Waals surface area contributed by atoms with E-state index in [0.717, 1.165) is 10.7 Å². The van der Waals surface area contributed by atoms with Gasteiger partial charge in [-0.3, -0.25) is 4.99 Å². The molecule has 1 N–H and O–H groups in total. The molecule has 0 unspecified atom stereocenters. The average Bonchev–Trinajstić information content (AvgIpc) is 3.15. The third-order valence-corrected chi connectivity index (χ3v) is 4.59. The van der Waals surface area contributed by atoms with Gasteiger partial charge in [0.1, 0.15) is 5.82 Å². The summed E-state index contributed by atoms with van der Waals surface area (Å²) in [5, 5.41) is 6.77. The van der Waals surface area contributed by atoms with Crippen molar-refractivity contribution in [2.24, 2.45) is 4.99 Å². The minimum atomic E-state index is -0.353. The first kappa shape index (κ1) is 19.6. The number of carbonyl (C=O) groups is 1. The van der Waals surface area contributed by atoms with Crippen LogP contribution in [0.25, 0.3) is 0 Å². The molecule has 0 spiro atoms. The normalized spacial score (nSPS) is 13.4. The Bertz CT molecular complexity index is 779. The topological polar surface area (TPSA) is 63.6 Å². The first-order valence-electron chi connectivity index (χ1n) is 7.03. The lowest BCUT2D eigenvalue weighted by atomic mass is 10.2. The van der Waals surface area contributed by atoms with Gasteiger partial charge in [0, 0.05) is 27.6 Å². The Labute approximate surface area is 161 Å². The van der Waals surface area contributed by atoms with Gasteiger partial charge >= 0.3 is 5.97 Å². The van der Waals surface area contributed by atoms with Crippen molar-refractivity contribution in [2.75, 3.05) is 19.0 Å². The summed E-state index contributed by atoms with van der Waals surface area (Å²) in [4.78, 5) is 20.0. The maximum Gasteiger partial charge on any atom is 0.337 e. The zero-order valence-corrected chi connectivity index (χ0v) is 16.3. The maximum atomic E-state index is 12.1. The number of aliphatic imine (C=N–C) groups is 1. The van der Waals surface area contributed by atoms with Crippen LogP contribution in [-0.4, -0.2) is 35.8 Å². The van der Waals surface area contributed by atoms with Crippen LogP contribution >= 0.6 is 38.9 Å². The van der Waals surface area contributed by atoms with E-state index in [1.807, 2.05) is 5.38 Å². The van der Waals surface area contributed by atoms with E-state index in [9.17, 15) is 9.18 Å². The number of hydrogen-bond donors (Lipinski definition) is 1. The summed E-state index contributed by atoms with van der Waals surface area (Å²) in [6.07, 6.45) is 1.72. The fourth-order valence-corrected chi connectivity index (χ4v) is 3.11. The van der Waals surface area contributed by atoms with Crippen LogP contribution in [0.4, 0.5) is 4.39 Å². The molecule has 0 saturated carbocycles. The molecule has 5 nitrogen and oxygen atoms in total. The van der Waals surface area contributed by atoms with Crippen LogP contribution < -0.4 is 5.32 Å². The fraction of sp³-hybridized carbons (Fsp3) is 0.188. The summed E-state index contributed by atoms with van der Waals surface area (Å²) < 4.78 is 16.8. The maximum absolute atomic E-state index is 12.1. The molecule has 0 saturated heterocycles. The Kier molecular flexibility index (Phi) is 7.54. The lowest BCUT2D eigenvalue weighted by Gasteiger charge is -2.18. The Morgan fingerprint density at radius 2 is 2.32 bits per heavy atom. The second kappa shape index (κ2) is 9.65. The van der Waals surface area contributed by atoms with Gasteiger partial charge in [0.2, 0.25) is 0 Å². The predicted octanol–water partition coefficient (Wildman–Crippen LogP) is 3.79. The Balaban J connectivity index is 0.000000236. The van der Waals surface area contributed by atoms with Crippen molar-refractivity contribution in [3.63, 3.8) is 0 Å². The minimum Gasteiger partial charge on any atom is -0.466 e. The molecule has 1 aliphatic rings. The summed E-state index contributed by atoms with van der Waals surface area (Å²) in [5.74, 6) is 0.0495. The molecule has 1 aliphatic heterocycles. The molecule has 1 aromatic heterocycles. The summed E-state index contributed by atoms with van der Waals surface area (Å²) in [6.45, 7) is 0.315. The van der Waals surface area contributed by atoms with E-state index in [-0.39, 0.29) is 11.8 Å². The van der Waals surface area contributed by atoms with E-state index < -0.39 is 0 Å². The summed E-state index contributed by atoms with van der Waals surface area (Å²) in [5.41, 5.74) is 1.32. The number of hydrogen-bond acceptors (Lipinski definition) is 6. The third kappa shape index (κ3) is 5.62. The molecular formula is C16H14BrClFN3O2S. The number of esters is 1. The number of amidine groups is 1. The number of nitrogens with one attached hydrogen (secondary N) is 1. The zero-order chi connectivity index (χ0) is 18.2. The van der Waals surface area contributed by atoms with E-state index in [2.05, 4.69) is 31.2 Å². The smallest absolute Gasteiger partial charge is 0.337 e. The highest BCUT2D eigenvalue weighted by molar-refractivity contribution is 9.09. The van der Waals surface area contributed by atoms with Gasteiger partial charge < -0.3 is 10.1 Å². The van der Waals surface area contributed by atoms with Crippen LogP contribution in [0.2, 0.25) is 5.02 Å². The van der Waals surface area contributed by atoms with Gasteiger partial charge in [-0.2, -0.15) is 0 Å². The molecule has 9 heteroatoms. The number of allylic oxidation sites excluding steroid dienone is 1. The SMILES string of the molecule is COC(=O)C1=C(CBr)NC(c2nccs2)=NC1.Fc1cccc(Cl)c1. The monoisotopic (exact) mass is 445 g/mol. The summed E-state index contributed by atoms with van der Waals surface area (Å²) in [6, 6.07) is 5.82. The number of rotatable bonds is 3. The van der Waals surface area contributed by atoms with Crippen molar-refractivity contribution < 1.29 is 13.9 Å². The lowest BCUT2D eigenvalue weighted by Crippen LogP contribution is -2.32. The van der Waals surface area contributed by atoms with Gasteiger partial charge in [0.05, 0.1) is 19.2 Å². The highest BCUT2D eigenvalue weighted by Crippen LogP contribution is 2.15. The second-order valence-corrected chi connectivity index (χ2v) is 6.54. The van der Waals surface area contributed by atoms with E-state index in [1.165, 1.54) is 30.6 Å². The van der Waals surface area contributed by atoms with E-state index in [0.29, 0.717) is 28.3 Å². The zero-order valence-electron chi connectivity index (χ0n) is 13.1. The number of carbonyl (C=O) groups excluding carboxylic acids is 1.